The van der Waals surface area contributed by atoms with Gasteiger partial charge in [-0.05, 0) is 44.7 Å². The van der Waals surface area contributed by atoms with Crippen LogP contribution in [-0.4, -0.2) is 13.1 Å². The highest BCUT2D eigenvalue weighted by molar-refractivity contribution is 4.83. The highest BCUT2D eigenvalue weighted by atomic mass is 14.8. The molecular formula is C10H19N. The van der Waals surface area contributed by atoms with E-state index in [0.29, 0.717) is 0 Å². The minimum absolute atomic E-state index is 0.845. The fraction of sp³-hybridized carbons (Fsp3) is 0.800. The van der Waals surface area contributed by atoms with Gasteiger partial charge in [-0.1, -0.05) is 19.1 Å². The monoisotopic (exact) mass is 153 g/mol. The lowest BCUT2D eigenvalue weighted by Crippen LogP contribution is -2.22. The van der Waals surface area contributed by atoms with Crippen molar-refractivity contribution in [3.8, 4) is 0 Å². The predicted molar refractivity (Wildman–Crippen MR) is 49.6 cm³/mol. The van der Waals surface area contributed by atoms with Crippen molar-refractivity contribution in [2.75, 3.05) is 13.1 Å². The maximum Gasteiger partial charge on any atom is -0.00230 e. The quantitative estimate of drug-likeness (QED) is 0.527. The first-order valence-corrected chi connectivity index (χ1v) is 4.75. The van der Waals surface area contributed by atoms with E-state index in [0.717, 1.165) is 5.92 Å². The van der Waals surface area contributed by atoms with Gasteiger partial charge in [-0.3, -0.25) is 0 Å². The van der Waals surface area contributed by atoms with Gasteiger partial charge in [0.05, 0.1) is 0 Å². The van der Waals surface area contributed by atoms with Gasteiger partial charge in [0.1, 0.15) is 0 Å². The van der Waals surface area contributed by atoms with E-state index in [4.69, 9.17) is 0 Å². The molecule has 1 aliphatic heterocycles. The Kier molecular flexibility index (Phi) is 4.29. The molecular weight excluding hydrogens is 134 g/mol. The Labute approximate surface area is 69.9 Å². The summed E-state index contributed by atoms with van der Waals surface area (Å²) in [6, 6.07) is 0. The Bertz CT molecular complexity index is 118. The molecule has 1 heterocycles. The third kappa shape index (κ3) is 4.20. The molecule has 0 saturated carbocycles. The summed E-state index contributed by atoms with van der Waals surface area (Å²) in [6.45, 7) is 4.71. The zero-order valence-corrected chi connectivity index (χ0v) is 7.47. The van der Waals surface area contributed by atoms with E-state index in [-0.39, 0.29) is 0 Å². The number of hydrogen-bond acceptors (Lipinski definition) is 1. The predicted octanol–water partition coefficient (Wildman–Crippen LogP) is 2.34. The van der Waals surface area contributed by atoms with E-state index in [1.54, 1.807) is 0 Å². The van der Waals surface area contributed by atoms with Crippen molar-refractivity contribution in [1.29, 1.82) is 0 Å². The number of nitrogens with one attached hydrogen (secondary N) is 1. The van der Waals surface area contributed by atoms with E-state index in [2.05, 4.69) is 24.4 Å². The van der Waals surface area contributed by atoms with Gasteiger partial charge in [-0.25, -0.2) is 0 Å². The molecule has 1 nitrogen and oxygen atoms in total. The molecule has 0 aromatic carbocycles. The van der Waals surface area contributed by atoms with Crippen LogP contribution in [0.15, 0.2) is 12.2 Å². The van der Waals surface area contributed by atoms with Crippen LogP contribution in [0.25, 0.3) is 0 Å². The Balaban J connectivity index is 2.24. The summed E-state index contributed by atoms with van der Waals surface area (Å²) in [5.41, 5.74) is 0. The first-order chi connectivity index (χ1) is 5.39. The normalized spacial score (nSPS) is 31.2. The van der Waals surface area contributed by atoms with Gasteiger partial charge in [0, 0.05) is 0 Å². The van der Waals surface area contributed by atoms with E-state index in [9.17, 15) is 0 Å². The van der Waals surface area contributed by atoms with Crippen molar-refractivity contribution >= 4 is 0 Å². The molecule has 0 amide bonds. The van der Waals surface area contributed by atoms with Crippen molar-refractivity contribution in [2.45, 2.75) is 32.6 Å². The fourth-order valence-corrected chi connectivity index (χ4v) is 1.41. The average Bonchev–Trinajstić information content (AvgIpc) is 2.03. The summed E-state index contributed by atoms with van der Waals surface area (Å²) in [5, 5.41) is 3.47. The van der Waals surface area contributed by atoms with Gasteiger partial charge in [0.15, 0.2) is 0 Å². The summed E-state index contributed by atoms with van der Waals surface area (Å²) in [5.74, 6) is 0.845. The summed E-state index contributed by atoms with van der Waals surface area (Å²) in [7, 11) is 0. The van der Waals surface area contributed by atoms with Crippen LogP contribution in [-0.2, 0) is 0 Å². The lowest BCUT2D eigenvalue weighted by atomic mass is 10.0. The lowest BCUT2D eigenvalue weighted by Gasteiger charge is -2.12. The Hall–Kier alpha value is -0.300. The molecule has 1 aliphatic rings. The molecule has 0 radical (unpaired) electrons. The fourth-order valence-electron chi connectivity index (χ4n) is 1.41. The molecule has 1 N–H and O–H groups in total. The number of allylic oxidation sites excluding steroid dienone is 2. The SMILES string of the molecule is C[C@H]1CC/C=C\CCCNC1. The van der Waals surface area contributed by atoms with Crippen LogP contribution in [0.1, 0.15) is 32.6 Å². The van der Waals surface area contributed by atoms with Crippen molar-refractivity contribution in [1.82, 2.24) is 5.32 Å². The Morgan fingerprint density at radius 3 is 3.00 bits per heavy atom. The van der Waals surface area contributed by atoms with Gasteiger partial charge in [0.25, 0.3) is 0 Å². The van der Waals surface area contributed by atoms with Gasteiger partial charge >= 0.3 is 0 Å². The molecule has 0 saturated heterocycles. The minimum atomic E-state index is 0.845. The zero-order chi connectivity index (χ0) is 7.94. The molecule has 0 spiro atoms. The van der Waals surface area contributed by atoms with Crippen LogP contribution in [0.5, 0.6) is 0 Å². The zero-order valence-electron chi connectivity index (χ0n) is 7.47. The van der Waals surface area contributed by atoms with Crippen molar-refractivity contribution < 1.29 is 0 Å². The second-order valence-corrected chi connectivity index (χ2v) is 3.50. The first-order valence-electron chi connectivity index (χ1n) is 4.75. The van der Waals surface area contributed by atoms with Crippen LogP contribution < -0.4 is 5.32 Å². The van der Waals surface area contributed by atoms with Crippen molar-refractivity contribution in [3.63, 3.8) is 0 Å². The highest BCUT2D eigenvalue weighted by Gasteiger charge is 2.00. The van der Waals surface area contributed by atoms with Gasteiger partial charge in [-0.15, -0.1) is 0 Å². The van der Waals surface area contributed by atoms with E-state index in [1.807, 2.05) is 0 Å². The lowest BCUT2D eigenvalue weighted by molar-refractivity contribution is 0.478. The van der Waals surface area contributed by atoms with Crippen molar-refractivity contribution in [2.24, 2.45) is 5.92 Å². The molecule has 0 aliphatic carbocycles. The topological polar surface area (TPSA) is 12.0 Å². The molecule has 0 aromatic rings. The van der Waals surface area contributed by atoms with Crippen molar-refractivity contribution in [3.05, 3.63) is 12.2 Å². The minimum Gasteiger partial charge on any atom is -0.316 e. The van der Waals surface area contributed by atoms with Crippen LogP contribution in [0.3, 0.4) is 0 Å². The maximum atomic E-state index is 3.47. The first kappa shape index (κ1) is 8.79. The summed E-state index contributed by atoms with van der Waals surface area (Å²) in [4.78, 5) is 0. The smallest absolute Gasteiger partial charge is 0.00230 e. The second-order valence-electron chi connectivity index (χ2n) is 3.50. The summed E-state index contributed by atoms with van der Waals surface area (Å²) in [6.07, 6.45) is 9.80. The molecule has 11 heavy (non-hydrogen) atoms. The summed E-state index contributed by atoms with van der Waals surface area (Å²) < 4.78 is 0. The third-order valence-corrected chi connectivity index (χ3v) is 2.21. The molecule has 1 heteroatoms. The standard InChI is InChI=1S/C10H19N/c1-10-7-5-3-2-4-6-8-11-9-10/h2-3,10-11H,4-9H2,1H3/b3-2-/t10-/m0/s1. The number of hydrogen-bond donors (Lipinski definition) is 1. The Morgan fingerprint density at radius 1 is 1.27 bits per heavy atom. The van der Waals surface area contributed by atoms with Gasteiger partial charge < -0.3 is 5.32 Å². The molecule has 1 rings (SSSR count). The van der Waals surface area contributed by atoms with E-state index in [1.165, 1.54) is 38.8 Å². The second kappa shape index (κ2) is 5.36. The molecule has 1 atom stereocenters. The van der Waals surface area contributed by atoms with Crippen LogP contribution >= 0.6 is 0 Å². The average molecular weight is 153 g/mol. The molecule has 0 fully saturated rings. The van der Waals surface area contributed by atoms with E-state index < -0.39 is 0 Å². The highest BCUT2D eigenvalue weighted by Crippen LogP contribution is 2.06. The number of rotatable bonds is 0. The molecule has 0 bridgehead atoms. The van der Waals surface area contributed by atoms with Gasteiger partial charge in [-0.2, -0.15) is 0 Å². The van der Waals surface area contributed by atoms with Crippen LogP contribution in [0, 0.1) is 5.92 Å². The Morgan fingerprint density at radius 2 is 2.09 bits per heavy atom. The third-order valence-electron chi connectivity index (χ3n) is 2.21. The van der Waals surface area contributed by atoms with Crippen LogP contribution in [0.2, 0.25) is 0 Å². The maximum absolute atomic E-state index is 3.47. The van der Waals surface area contributed by atoms with E-state index >= 15 is 0 Å². The van der Waals surface area contributed by atoms with Crippen LogP contribution in [0.4, 0.5) is 0 Å². The molecule has 64 valence electrons. The largest absolute Gasteiger partial charge is 0.316 e. The molecule has 0 unspecified atom stereocenters. The molecule has 0 aromatic heterocycles. The van der Waals surface area contributed by atoms with Gasteiger partial charge in [0.2, 0.25) is 0 Å². The summed E-state index contributed by atoms with van der Waals surface area (Å²) >= 11 is 0.